The maximum atomic E-state index is 13.1. The van der Waals surface area contributed by atoms with Gasteiger partial charge in [-0.25, -0.2) is 0 Å². The number of fused-ring (bicyclic) bond motifs is 3. The molecule has 3 rings (SSSR count). The van der Waals surface area contributed by atoms with Crippen LogP contribution in [-0.4, -0.2) is 49.5 Å². The van der Waals surface area contributed by atoms with Crippen LogP contribution < -0.4 is 5.32 Å². The molecule has 0 heterocycles. The number of benzene rings is 2. The van der Waals surface area contributed by atoms with E-state index in [9.17, 15) is 14.7 Å². The summed E-state index contributed by atoms with van der Waals surface area (Å²) in [5, 5.41) is 12.7. The van der Waals surface area contributed by atoms with E-state index in [1.807, 2.05) is 57.2 Å². The SMILES string of the molecule is CNC[C@](COC(C)(C)C)(C(=O)O)C(=O)OCC1c2ccccc2-c2ccccc21. The molecule has 0 amide bonds. The summed E-state index contributed by atoms with van der Waals surface area (Å²) in [7, 11) is 1.60. The van der Waals surface area contributed by atoms with Crippen molar-refractivity contribution in [3.05, 3.63) is 59.7 Å². The Morgan fingerprint density at radius 3 is 2.00 bits per heavy atom. The van der Waals surface area contributed by atoms with Crippen LogP contribution in [0.25, 0.3) is 11.1 Å². The van der Waals surface area contributed by atoms with Crippen LogP contribution in [0.5, 0.6) is 0 Å². The standard InChI is InChI=1S/C24H29NO5/c1-23(2,3)30-15-24(14-25-4,21(26)27)22(28)29-13-20-18-11-7-5-9-16(18)17-10-6-8-12-19(17)20/h5-12,20,25H,13-15H2,1-4H3,(H,26,27)/t24-/m0/s1. The first-order valence-corrected chi connectivity index (χ1v) is 10.1. The molecular formula is C24H29NO5. The van der Waals surface area contributed by atoms with Crippen molar-refractivity contribution in [2.75, 3.05) is 26.8 Å². The van der Waals surface area contributed by atoms with Crippen LogP contribution in [-0.2, 0) is 19.1 Å². The fraction of sp³-hybridized carbons (Fsp3) is 0.417. The Morgan fingerprint density at radius 2 is 1.53 bits per heavy atom. The highest BCUT2D eigenvalue weighted by molar-refractivity contribution is 5.99. The van der Waals surface area contributed by atoms with Crippen molar-refractivity contribution in [3.63, 3.8) is 0 Å². The van der Waals surface area contributed by atoms with E-state index in [4.69, 9.17) is 9.47 Å². The Labute approximate surface area is 177 Å². The van der Waals surface area contributed by atoms with E-state index in [0.29, 0.717) is 0 Å². The van der Waals surface area contributed by atoms with Gasteiger partial charge in [0, 0.05) is 12.5 Å². The quantitative estimate of drug-likeness (QED) is 0.511. The Balaban J connectivity index is 1.84. The van der Waals surface area contributed by atoms with Gasteiger partial charge in [-0.05, 0) is 50.1 Å². The smallest absolute Gasteiger partial charge is 0.327 e. The highest BCUT2D eigenvalue weighted by Gasteiger charge is 2.49. The molecule has 1 aliphatic carbocycles. The van der Waals surface area contributed by atoms with E-state index in [-0.39, 0.29) is 25.7 Å². The molecule has 1 aliphatic rings. The normalized spacial score (nSPS) is 15.2. The third-order valence-corrected chi connectivity index (χ3v) is 5.37. The molecule has 0 aromatic heterocycles. The molecule has 0 saturated heterocycles. The van der Waals surface area contributed by atoms with Crippen LogP contribution in [0.1, 0.15) is 37.8 Å². The number of carbonyl (C=O) groups is 2. The third kappa shape index (κ3) is 4.25. The van der Waals surface area contributed by atoms with E-state index in [1.54, 1.807) is 7.05 Å². The lowest BCUT2D eigenvalue weighted by Gasteiger charge is -2.31. The molecule has 160 valence electrons. The van der Waals surface area contributed by atoms with Crippen LogP contribution in [0.4, 0.5) is 0 Å². The molecule has 6 nitrogen and oxygen atoms in total. The number of aliphatic carboxylic acids is 1. The van der Waals surface area contributed by atoms with Gasteiger partial charge in [0.05, 0.1) is 12.2 Å². The number of ether oxygens (including phenoxy) is 2. The number of rotatable bonds is 8. The molecule has 0 bridgehead atoms. The third-order valence-electron chi connectivity index (χ3n) is 5.37. The zero-order chi connectivity index (χ0) is 21.9. The highest BCUT2D eigenvalue weighted by Crippen LogP contribution is 2.44. The van der Waals surface area contributed by atoms with E-state index in [1.165, 1.54) is 0 Å². The number of carboxylic acids is 1. The molecule has 2 aromatic rings. The fourth-order valence-corrected chi connectivity index (χ4v) is 3.78. The van der Waals surface area contributed by atoms with Gasteiger partial charge in [0.25, 0.3) is 0 Å². The summed E-state index contributed by atoms with van der Waals surface area (Å²) in [6.45, 7) is 5.16. The molecule has 0 spiro atoms. The predicted octanol–water partition coefficient (Wildman–Crippen LogP) is 3.45. The van der Waals surface area contributed by atoms with E-state index in [2.05, 4.69) is 17.4 Å². The van der Waals surface area contributed by atoms with Gasteiger partial charge in [-0.15, -0.1) is 0 Å². The number of hydrogen-bond acceptors (Lipinski definition) is 5. The van der Waals surface area contributed by atoms with Crippen molar-refractivity contribution in [3.8, 4) is 11.1 Å². The average Bonchev–Trinajstić information content (AvgIpc) is 3.02. The van der Waals surface area contributed by atoms with Gasteiger partial charge in [-0.1, -0.05) is 48.5 Å². The molecular weight excluding hydrogens is 382 g/mol. The lowest BCUT2D eigenvalue weighted by Crippen LogP contribution is -2.52. The number of nitrogens with one attached hydrogen (secondary N) is 1. The van der Waals surface area contributed by atoms with Crippen molar-refractivity contribution < 1.29 is 24.2 Å². The summed E-state index contributed by atoms with van der Waals surface area (Å²) in [5.74, 6) is -2.19. The number of esters is 1. The minimum atomic E-state index is -1.82. The predicted molar refractivity (Wildman–Crippen MR) is 114 cm³/mol. The maximum Gasteiger partial charge on any atom is 0.327 e. The second-order valence-electron chi connectivity index (χ2n) is 8.64. The molecule has 2 N–H and O–H groups in total. The molecule has 6 heteroatoms. The zero-order valence-corrected chi connectivity index (χ0v) is 17.9. The molecule has 1 atom stereocenters. The fourth-order valence-electron chi connectivity index (χ4n) is 3.78. The number of hydrogen-bond donors (Lipinski definition) is 2. The number of carbonyl (C=O) groups excluding carboxylic acids is 1. The molecule has 2 aromatic carbocycles. The highest BCUT2D eigenvalue weighted by atomic mass is 16.5. The summed E-state index contributed by atoms with van der Waals surface area (Å²) in [5.41, 5.74) is 1.98. The van der Waals surface area contributed by atoms with E-state index in [0.717, 1.165) is 22.3 Å². The van der Waals surface area contributed by atoms with Crippen LogP contribution in [0.15, 0.2) is 48.5 Å². The summed E-state index contributed by atoms with van der Waals surface area (Å²) in [6, 6.07) is 16.0. The Bertz CT molecular complexity index is 888. The van der Waals surface area contributed by atoms with Gasteiger partial charge in [0.1, 0.15) is 6.61 Å². The van der Waals surface area contributed by atoms with Gasteiger partial charge < -0.3 is 19.9 Å². The largest absolute Gasteiger partial charge is 0.480 e. The summed E-state index contributed by atoms with van der Waals surface area (Å²) < 4.78 is 11.3. The second-order valence-corrected chi connectivity index (χ2v) is 8.64. The van der Waals surface area contributed by atoms with Gasteiger partial charge in [0.2, 0.25) is 0 Å². The first-order valence-electron chi connectivity index (χ1n) is 10.1. The van der Waals surface area contributed by atoms with Crippen molar-refractivity contribution in [1.82, 2.24) is 5.32 Å². The Hall–Kier alpha value is -2.70. The monoisotopic (exact) mass is 411 g/mol. The molecule has 0 saturated carbocycles. The van der Waals surface area contributed by atoms with E-state index < -0.39 is 23.0 Å². The Kier molecular flexibility index (Phi) is 6.29. The van der Waals surface area contributed by atoms with Gasteiger partial charge in [-0.2, -0.15) is 0 Å². The second kappa shape index (κ2) is 8.58. The topological polar surface area (TPSA) is 84.9 Å². The minimum Gasteiger partial charge on any atom is -0.480 e. The van der Waals surface area contributed by atoms with E-state index >= 15 is 0 Å². The van der Waals surface area contributed by atoms with Crippen molar-refractivity contribution in [1.29, 1.82) is 0 Å². The average molecular weight is 411 g/mol. The molecule has 0 fully saturated rings. The molecule has 0 unspecified atom stereocenters. The first kappa shape index (κ1) is 22.0. The van der Waals surface area contributed by atoms with Crippen molar-refractivity contribution in [2.45, 2.75) is 32.3 Å². The summed E-state index contributed by atoms with van der Waals surface area (Å²) in [6.07, 6.45) is 0. The first-order chi connectivity index (χ1) is 14.2. The lowest BCUT2D eigenvalue weighted by atomic mass is 9.88. The van der Waals surface area contributed by atoms with Gasteiger partial charge in [0.15, 0.2) is 5.41 Å². The van der Waals surface area contributed by atoms with Crippen LogP contribution >= 0.6 is 0 Å². The lowest BCUT2D eigenvalue weighted by molar-refractivity contribution is -0.177. The molecule has 30 heavy (non-hydrogen) atoms. The van der Waals surface area contributed by atoms with Crippen LogP contribution in [0, 0.1) is 5.41 Å². The molecule has 0 radical (unpaired) electrons. The van der Waals surface area contributed by atoms with Crippen molar-refractivity contribution >= 4 is 11.9 Å². The van der Waals surface area contributed by atoms with Gasteiger partial charge >= 0.3 is 11.9 Å². The van der Waals surface area contributed by atoms with Crippen LogP contribution in [0.3, 0.4) is 0 Å². The summed E-state index contributed by atoms with van der Waals surface area (Å²) >= 11 is 0. The zero-order valence-electron chi connectivity index (χ0n) is 17.9. The maximum absolute atomic E-state index is 13.1. The number of carboxylic acid groups (broad SMARTS) is 1. The van der Waals surface area contributed by atoms with Crippen molar-refractivity contribution in [2.24, 2.45) is 5.41 Å². The molecule has 0 aliphatic heterocycles. The Morgan fingerprint density at radius 1 is 1.00 bits per heavy atom. The minimum absolute atomic E-state index is 0.0706. The van der Waals surface area contributed by atoms with Gasteiger partial charge in [-0.3, -0.25) is 9.59 Å². The van der Waals surface area contributed by atoms with Crippen LogP contribution in [0.2, 0.25) is 0 Å². The summed E-state index contributed by atoms with van der Waals surface area (Å²) in [4.78, 5) is 25.2.